The molecular weight excluding hydrogens is 1150 g/mol. The number of imide groups is 2. The standard InChI is InChI=1S/C14H17NO2.C13H16N2O2.C13H17NO4.C7H15NO2.2C6H14O.C6H12O.C5H10O2/c1-4-9(2)10(3)15-13(16)11-7-5-6-8-12(11)14(15)17;1-3-11(14)8(2)15-12(16)9-6-4-5-7-10(9)13(15)17;1-4-9(2)10(3)18-13(15)11-5-7-12(8-6-11)14(16)17;1-5-6(2)7(9)8(3)10-4;3*1-4-5(2)6(3)7;1-3-4(2)5(6)7/h5-10H,4H2,1-3H3;4-8,11H,3,14H2,1-2H3;5-10H,4H2,1-3H3;6H,5H2,1-4H3;2*5-7H,4H2,1-3H3;5H,4H2,1-3H3;4H,3H2,1-2H3,(H,6,7)/t9-,10+;8-,11+;9-,10?;6-;2*5-,6?;5-;4-/m10111111/s1. The summed E-state index contributed by atoms with van der Waals surface area (Å²) in [5, 5.41) is 37.6. The second kappa shape index (κ2) is 46.3. The van der Waals surface area contributed by atoms with E-state index in [1.165, 1.54) is 46.2 Å². The third kappa shape index (κ3) is 30.4. The molecule has 2 aliphatic rings. The number of aliphatic carboxylic acids is 1. The molecule has 90 heavy (non-hydrogen) atoms. The second-order valence-electron chi connectivity index (χ2n) is 23.4. The zero-order chi connectivity index (χ0) is 70.5. The van der Waals surface area contributed by atoms with Crippen LogP contribution in [0.15, 0.2) is 72.8 Å². The Morgan fingerprint density at radius 1 is 0.533 bits per heavy atom. The highest BCUT2D eigenvalue weighted by atomic mass is 16.7. The summed E-state index contributed by atoms with van der Waals surface area (Å²) in [5.41, 5.74) is 8.23. The molecule has 0 fully saturated rings. The zero-order valence-electron chi connectivity index (χ0n) is 58.7. The first kappa shape index (κ1) is 87.5. The number of Topliss-reactive ketones (excluding diaryl/α,β-unsaturated/α-hetero) is 1. The van der Waals surface area contributed by atoms with E-state index in [2.05, 4.69) is 27.7 Å². The number of hydrogen-bond donors (Lipinski definition) is 4. The Morgan fingerprint density at radius 3 is 1.11 bits per heavy atom. The summed E-state index contributed by atoms with van der Waals surface area (Å²) in [6.45, 7) is 40.6. The molecule has 3 aromatic rings. The summed E-state index contributed by atoms with van der Waals surface area (Å²) >= 11 is 0. The van der Waals surface area contributed by atoms with E-state index in [0.717, 1.165) is 51.4 Å². The van der Waals surface area contributed by atoms with Gasteiger partial charge in [-0.15, -0.1) is 0 Å². The quantitative estimate of drug-likeness (QED) is 0.0315. The molecule has 5 amide bonds. The van der Waals surface area contributed by atoms with E-state index in [1.54, 1.807) is 69.4 Å². The summed E-state index contributed by atoms with van der Waals surface area (Å²) in [6.07, 6.45) is 6.84. The number of carboxylic acids is 1. The van der Waals surface area contributed by atoms with Crippen LogP contribution >= 0.6 is 0 Å². The molecule has 0 spiro atoms. The second-order valence-corrected chi connectivity index (χ2v) is 23.4. The van der Waals surface area contributed by atoms with Gasteiger partial charge in [-0.05, 0) is 127 Å². The van der Waals surface area contributed by atoms with Gasteiger partial charge in [0.15, 0.2) is 0 Å². The highest BCUT2D eigenvalue weighted by molar-refractivity contribution is 6.22. The number of carbonyl (C=O) groups excluding carboxylic acids is 7. The van der Waals surface area contributed by atoms with Crippen molar-refractivity contribution in [1.29, 1.82) is 0 Å². The van der Waals surface area contributed by atoms with Crippen LogP contribution in [0.25, 0.3) is 0 Å². The van der Waals surface area contributed by atoms with Crippen molar-refractivity contribution in [3.05, 3.63) is 111 Å². The summed E-state index contributed by atoms with van der Waals surface area (Å²) in [5.74, 6) is 0.0580. The number of rotatable bonds is 22. The number of nitro benzene ring substituents is 1. The van der Waals surface area contributed by atoms with E-state index in [0.29, 0.717) is 51.4 Å². The van der Waals surface area contributed by atoms with Crippen LogP contribution in [-0.4, -0.2) is 133 Å². The number of fused-ring (bicyclic) bond motifs is 2. The van der Waals surface area contributed by atoms with Crippen LogP contribution < -0.4 is 5.73 Å². The van der Waals surface area contributed by atoms with Gasteiger partial charge >= 0.3 is 11.9 Å². The van der Waals surface area contributed by atoms with Gasteiger partial charge in [-0.2, -0.15) is 0 Å². The zero-order valence-corrected chi connectivity index (χ0v) is 58.7. The maximum absolute atomic E-state index is 12.2. The van der Waals surface area contributed by atoms with Gasteiger partial charge in [0.1, 0.15) is 11.9 Å². The lowest BCUT2D eigenvalue weighted by molar-refractivity contribution is -0.384. The lowest BCUT2D eigenvalue weighted by atomic mass is 9.99. The van der Waals surface area contributed by atoms with Gasteiger partial charge in [0.25, 0.3) is 29.3 Å². The minimum Gasteiger partial charge on any atom is -0.481 e. The van der Waals surface area contributed by atoms with Gasteiger partial charge in [-0.3, -0.25) is 58.3 Å². The number of non-ortho nitro benzene ring substituents is 1. The van der Waals surface area contributed by atoms with E-state index in [9.17, 15) is 48.5 Å². The lowest BCUT2D eigenvalue weighted by Gasteiger charge is -2.27. The number of ether oxygens (including phenoxy) is 1. The van der Waals surface area contributed by atoms with Crippen molar-refractivity contribution >= 4 is 52.9 Å². The summed E-state index contributed by atoms with van der Waals surface area (Å²) in [4.78, 5) is 109. The first-order chi connectivity index (χ1) is 42.0. The topological polar surface area (TPSA) is 295 Å². The number of nitro groups is 1. The number of esters is 1. The number of carbonyl (C=O) groups is 8. The van der Waals surface area contributed by atoms with Crippen molar-refractivity contribution in [2.75, 3.05) is 14.2 Å². The maximum atomic E-state index is 12.2. The van der Waals surface area contributed by atoms with Gasteiger partial charge in [-0.1, -0.05) is 154 Å². The Morgan fingerprint density at radius 2 is 0.878 bits per heavy atom. The van der Waals surface area contributed by atoms with E-state index in [4.69, 9.17) is 30.6 Å². The molecule has 2 heterocycles. The molecule has 20 nitrogen and oxygen atoms in total. The third-order valence-electron chi connectivity index (χ3n) is 17.0. The molecule has 3 unspecified atom stereocenters. The SMILES string of the molecule is CC[C@@H](C)C(=O)N(C)OC.CC[C@@H](C)C(=O)O.CC[C@@H](C)C(C)=O.CC[C@@H](C)C(C)O.CC[C@@H](C)C(C)O.CC[C@@H](C)C(C)OC(=O)c1ccc([N+](=O)[O-])cc1.CC[C@@H](C)[C@H](C)N1C(=O)c2ccccc2C1=O.CC[C@@H](N)[C@H](C)N1C(=O)c2ccccc2C1=O. The van der Waals surface area contributed by atoms with Crippen LogP contribution in [0.1, 0.15) is 249 Å². The molecule has 0 radical (unpaired) electrons. The molecule has 2 aliphatic heterocycles. The van der Waals surface area contributed by atoms with E-state index >= 15 is 0 Å². The van der Waals surface area contributed by atoms with Gasteiger partial charge in [0.2, 0.25) is 5.91 Å². The van der Waals surface area contributed by atoms with Crippen LogP contribution in [0.4, 0.5) is 5.69 Å². The Labute approximate surface area is 539 Å². The smallest absolute Gasteiger partial charge is 0.338 e. The fourth-order valence-electron chi connectivity index (χ4n) is 7.41. The molecule has 5 N–H and O–H groups in total. The average molecular weight is 1270 g/mol. The minimum absolute atomic E-state index is 0.0324. The van der Waals surface area contributed by atoms with Crippen molar-refractivity contribution in [3.8, 4) is 0 Å². The predicted molar refractivity (Wildman–Crippen MR) is 357 cm³/mol. The molecule has 3 aromatic carbocycles. The number of hydrogen-bond acceptors (Lipinski definition) is 15. The molecule has 20 heteroatoms. The summed E-state index contributed by atoms with van der Waals surface area (Å²) < 4.78 is 5.28. The minimum atomic E-state index is -0.706. The molecule has 5 rings (SSSR count). The summed E-state index contributed by atoms with van der Waals surface area (Å²) in [7, 11) is 3.11. The van der Waals surface area contributed by atoms with Crippen molar-refractivity contribution in [2.45, 2.75) is 233 Å². The normalized spacial score (nSPS) is 16.1. The highest BCUT2D eigenvalue weighted by Crippen LogP contribution is 2.28. The number of amides is 5. The number of hydroxylamine groups is 2. The number of benzene rings is 3. The molecule has 0 saturated heterocycles. The molecular formula is C70H115N5O15. The highest BCUT2D eigenvalue weighted by Gasteiger charge is 2.40. The lowest BCUT2D eigenvalue weighted by Crippen LogP contribution is -2.48. The molecule has 13 atom stereocenters. The Hall–Kier alpha value is -6.74. The molecule has 0 aromatic heterocycles. The largest absolute Gasteiger partial charge is 0.481 e. The van der Waals surface area contributed by atoms with Crippen LogP contribution in [0.5, 0.6) is 0 Å². The van der Waals surface area contributed by atoms with Gasteiger partial charge < -0.3 is 25.8 Å². The average Bonchev–Trinajstić information content (AvgIpc) is 1.66. The number of aliphatic hydroxyl groups excluding tert-OH is 2. The third-order valence-corrected chi connectivity index (χ3v) is 17.0. The maximum Gasteiger partial charge on any atom is 0.338 e. The molecule has 0 saturated carbocycles. The van der Waals surface area contributed by atoms with Crippen molar-refractivity contribution in [1.82, 2.24) is 14.9 Å². The molecule has 510 valence electrons. The molecule has 0 bridgehead atoms. The Bertz CT molecular complexity index is 2420. The number of nitrogens with two attached hydrogens (primary N) is 1. The van der Waals surface area contributed by atoms with Gasteiger partial charge in [0, 0.05) is 43.1 Å². The van der Waals surface area contributed by atoms with Crippen LogP contribution in [0, 0.1) is 51.5 Å². The Balaban J connectivity index is -0.000000996. The van der Waals surface area contributed by atoms with Crippen molar-refractivity contribution < 1.29 is 68.2 Å². The molecule has 0 aliphatic carbocycles. The van der Waals surface area contributed by atoms with E-state index < -0.39 is 16.9 Å². The number of nitrogens with zero attached hydrogens (tertiary/aromatic N) is 4. The Kier molecular flexibility index (Phi) is 45.0. The number of ketones is 1. The first-order valence-corrected chi connectivity index (χ1v) is 32.0. The van der Waals surface area contributed by atoms with Gasteiger partial charge in [0.05, 0.1) is 64.0 Å². The van der Waals surface area contributed by atoms with E-state index in [-0.39, 0.29) is 95.3 Å². The monoisotopic (exact) mass is 1270 g/mol. The summed E-state index contributed by atoms with van der Waals surface area (Å²) in [6, 6.07) is 18.8. The fourth-order valence-corrected chi connectivity index (χ4v) is 7.41. The predicted octanol–water partition coefficient (Wildman–Crippen LogP) is 13.9. The number of aliphatic hydroxyl groups is 2. The van der Waals surface area contributed by atoms with Crippen LogP contribution in [-0.2, 0) is 24.0 Å². The van der Waals surface area contributed by atoms with Crippen LogP contribution in [0.3, 0.4) is 0 Å². The van der Waals surface area contributed by atoms with Crippen molar-refractivity contribution in [3.63, 3.8) is 0 Å². The van der Waals surface area contributed by atoms with Gasteiger partial charge in [-0.25, -0.2) is 9.86 Å². The fraction of sp³-hybridized carbons (Fsp3) is 0.629. The van der Waals surface area contributed by atoms with E-state index in [1.807, 2.05) is 104 Å². The number of carboxylic acid groups (broad SMARTS) is 1. The van der Waals surface area contributed by atoms with Crippen molar-refractivity contribution in [2.24, 2.45) is 47.2 Å². The van der Waals surface area contributed by atoms with Crippen LogP contribution in [0.2, 0.25) is 0 Å². The first-order valence-electron chi connectivity index (χ1n) is 32.0.